The van der Waals surface area contributed by atoms with Crippen molar-refractivity contribution in [3.8, 4) is 0 Å². The Kier molecular flexibility index (Phi) is 4.61. The van der Waals surface area contributed by atoms with Crippen LogP contribution in [0.3, 0.4) is 0 Å². The lowest BCUT2D eigenvalue weighted by Gasteiger charge is -2.30. The lowest BCUT2D eigenvalue weighted by Crippen LogP contribution is -2.19. The van der Waals surface area contributed by atoms with E-state index in [-0.39, 0.29) is 6.10 Å². The van der Waals surface area contributed by atoms with E-state index in [4.69, 9.17) is 4.74 Å². The van der Waals surface area contributed by atoms with E-state index in [0.717, 1.165) is 17.8 Å². The van der Waals surface area contributed by atoms with Gasteiger partial charge in [0.25, 0.3) is 0 Å². The summed E-state index contributed by atoms with van der Waals surface area (Å²) in [5.74, 6) is 1.06. The molecule has 1 heteroatoms. The fraction of sp³-hybridized carbons (Fsp3) is 0.529. The molecule has 18 heavy (non-hydrogen) atoms. The van der Waals surface area contributed by atoms with E-state index in [0.29, 0.717) is 0 Å². The second-order valence-corrected chi connectivity index (χ2v) is 5.26. The summed E-state index contributed by atoms with van der Waals surface area (Å²) in [6.07, 6.45) is 1.18. The average Bonchev–Trinajstić information content (AvgIpc) is 2.33. The van der Waals surface area contributed by atoms with Gasteiger partial charge in [0.05, 0.1) is 0 Å². The van der Waals surface area contributed by atoms with Gasteiger partial charge in [-0.25, -0.2) is 0 Å². The number of hydrogen-bond acceptors (Lipinski definition) is 1. The summed E-state index contributed by atoms with van der Waals surface area (Å²) in [5, 5.41) is 0. The van der Waals surface area contributed by atoms with E-state index in [1.54, 1.807) is 0 Å². The molecule has 0 saturated carbocycles. The Morgan fingerprint density at radius 3 is 2.22 bits per heavy atom. The zero-order chi connectivity index (χ0) is 14.0. The predicted octanol–water partition coefficient (Wildman–Crippen LogP) is 5.32. The average molecular weight is 246 g/mol. The van der Waals surface area contributed by atoms with E-state index in [1.165, 1.54) is 27.9 Å². The first kappa shape index (κ1) is 14.8. The summed E-state index contributed by atoms with van der Waals surface area (Å²) in [6, 6.07) is 0. The van der Waals surface area contributed by atoms with Gasteiger partial charge in [-0.05, 0) is 75.8 Å². The second kappa shape index (κ2) is 5.60. The number of ether oxygens (including phenoxy) is 1. The van der Waals surface area contributed by atoms with Crippen LogP contribution in [0.5, 0.6) is 0 Å². The molecule has 0 fully saturated rings. The van der Waals surface area contributed by atoms with E-state index >= 15 is 0 Å². The number of hydrogen-bond donors (Lipinski definition) is 0. The molecular weight excluding hydrogens is 220 g/mol. The highest BCUT2D eigenvalue weighted by Crippen LogP contribution is 2.35. The minimum atomic E-state index is 0.170. The van der Waals surface area contributed by atoms with Crippen molar-refractivity contribution in [1.29, 1.82) is 0 Å². The van der Waals surface area contributed by atoms with Gasteiger partial charge in [0.15, 0.2) is 0 Å². The zero-order valence-electron chi connectivity index (χ0n) is 12.9. The van der Waals surface area contributed by atoms with Crippen LogP contribution in [-0.2, 0) is 4.74 Å². The first-order valence-electron chi connectivity index (χ1n) is 6.72. The minimum Gasteiger partial charge on any atom is -0.486 e. The molecule has 0 aromatic rings. The molecule has 1 nitrogen and oxygen atoms in total. The molecule has 0 aromatic carbocycles. The van der Waals surface area contributed by atoms with Gasteiger partial charge in [0, 0.05) is 0 Å². The molecule has 0 bridgehead atoms. The molecule has 0 aromatic heterocycles. The van der Waals surface area contributed by atoms with E-state index < -0.39 is 0 Å². The Balaban J connectivity index is 3.41. The van der Waals surface area contributed by atoms with Crippen molar-refractivity contribution in [2.75, 3.05) is 0 Å². The highest BCUT2D eigenvalue weighted by Gasteiger charge is 2.23. The molecule has 100 valence electrons. The zero-order valence-corrected chi connectivity index (χ0v) is 12.9. The quantitative estimate of drug-likeness (QED) is 0.612. The van der Waals surface area contributed by atoms with Gasteiger partial charge in [-0.15, -0.1) is 0 Å². The van der Waals surface area contributed by atoms with Crippen molar-refractivity contribution in [3.05, 3.63) is 45.8 Å². The van der Waals surface area contributed by atoms with Crippen LogP contribution in [0, 0.1) is 0 Å². The Morgan fingerprint density at radius 1 is 1.22 bits per heavy atom. The SMILES string of the molecule is C=C(C)/C(C)=C(/C)C1=C(CC)C(C)=C(C)C(C)O1. The molecule has 1 unspecified atom stereocenters. The fourth-order valence-electron chi connectivity index (χ4n) is 2.28. The van der Waals surface area contributed by atoms with Crippen molar-refractivity contribution in [3.63, 3.8) is 0 Å². The van der Waals surface area contributed by atoms with Crippen molar-refractivity contribution in [2.45, 2.75) is 61.0 Å². The summed E-state index contributed by atoms with van der Waals surface area (Å²) in [4.78, 5) is 0. The molecule has 1 rings (SSSR count). The normalized spacial score (nSPS) is 21.8. The maximum absolute atomic E-state index is 6.13. The van der Waals surface area contributed by atoms with Gasteiger partial charge in [0.1, 0.15) is 11.9 Å². The van der Waals surface area contributed by atoms with E-state index in [1.807, 2.05) is 6.92 Å². The van der Waals surface area contributed by atoms with Crippen LogP contribution in [-0.4, -0.2) is 6.10 Å². The van der Waals surface area contributed by atoms with Gasteiger partial charge in [-0.1, -0.05) is 19.1 Å². The third-order valence-electron chi connectivity index (χ3n) is 4.12. The molecule has 0 aliphatic carbocycles. The van der Waals surface area contributed by atoms with Crippen LogP contribution in [0.25, 0.3) is 0 Å². The van der Waals surface area contributed by atoms with Crippen LogP contribution >= 0.6 is 0 Å². The Labute approximate surface area is 112 Å². The monoisotopic (exact) mass is 246 g/mol. The molecule has 1 atom stereocenters. The summed E-state index contributed by atoms with van der Waals surface area (Å²) >= 11 is 0. The van der Waals surface area contributed by atoms with Crippen molar-refractivity contribution < 1.29 is 4.74 Å². The Morgan fingerprint density at radius 2 is 1.78 bits per heavy atom. The smallest absolute Gasteiger partial charge is 0.126 e. The van der Waals surface area contributed by atoms with Gasteiger partial charge < -0.3 is 4.74 Å². The third-order valence-corrected chi connectivity index (χ3v) is 4.12. The fourth-order valence-corrected chi connectivity index (χ4v) is 2.28. The lowest BCUT2D eigenvalue weighted by molar-refractivity contribution is 0.157. The van der Waals surface area contributed by atoms with Gasteiger partial charge in [0.2, 0.25) is 0 Å². The first-order valence-corrected chi connectivity index (χ1v) is 6.72. The van der Waals surface area contributed by atoms with Gasteiger partial charge >= 0.3 is 0 Å². The van der Waals surface area contributed by atoms with Crippen LogP contribution in [0.15, 0.2) is 45.8 Å². The number of allylic oxidation sites excluding steroid dienone is 5. The molecule has 0 saturated heterocycles. The molecule has 0 radical (unpaired) electrons. The standard InChI is InChI=1S/C17H26O/c1-9-16-13(6)12(5)15(8)18-17(16)14(7)11(4)10(2)3/h15H,2,9H2,1,3-8H3/b14-11-. The number of rotatable bonds is 3. The topological polar surface area (TPSA) is 9.23 Å². The molecule has 1 heterocycles. The molecule has 0 spiro atoms. The molecule has 0 amide bonds. The van der Waals surface area contributed by atoms with Crippen LogP contribution in [0.1, 0.15) is 54.9 Å². The minimum absolute atomic E-state index is 0.170. The maximum atomic E-state index is 6.13. The van der Waals surface area contributed by atoms with Crippen LogP contribution in [0.4, 0.5) is 0 Å². The van der Waals surface area contributed by atoms with Crippen LogP contribution in [0.2, 0.25) is 0 Å². The molecule has 0 N–H and O–H groups in total. The predicted molar refractivity (Wildman–Crippen MR) is 79.4 cm³/mol. The highest BCUT2D eigenvalue weighted by atomic mass is 16.5. The van der Waals surface area contributed by atoms with Gasteiger partial charge in [-0.3, -0.25) is 0 Å². The van der Waals surface area contributed by atoms with Crippen LogP contribution < -0.4 is 0 Å². The Bertz CT molecular complexity index is 458. The third kappa shape index (κ3) is 2.60. The largest absolute Gasteiger partial charge is 0.486 e. The lowest BCUT2D eigenvalue weighted by atomic mass is 9.90. The maximum Gasteiger partial charge on any atom is 0.126 e. The second-order valence-electron chi connectivity index (χ2n) is 5.26. The van der Waals surface area contributed by atoms with Crippen molar-refractivity contribution in [2.24, 2.45) is 0 Å². The summed E-state index contributed by atoms with van der Waals surface area (Å²) in [7, 11) is 0. The summed E-state index contributed by atoms with van der Waals surface area (Å²) in [6.45, 7) is 19.0. The molecule has 1 aliphatic heterocycles. The van der Waals surface area contributed by atoms with E-state index in [9.17, 15) is 0 Å². The highest BCUT2D eigenvalue weighted by molar-refractivity contribution is 5.49. The summed E-state index contributed by atoms with van der Waals surface area (Å²) < 4.78 is 6.13. The van der Waals surface area contributed by atoms with Gasteiger partial charge in [-0.2, -0.15) is 0 Å². The van der Waals surface area contributed by atoms with Crippen molar-refractivity contribution >= 4 is 0 Å². The Hall–Kier alpha value is -1.24. The first-order chi connectivity index (χ1) is 8.31. The van der Waals surface area contributed by atoms with Crippen molar-refractivity contribution in [1.82, 2.24) is 0 Å². The molecular formula is C17H26O. The van der Waals surface area contributed by atoms with E-state index in [2.05, 4.69) is 48.1 Å². The summed E-state index contributed by atoms with van der Waals surface area (Å²) in [5.41, 5.74) is 7.63. The molecule has 1 aliphatic rings.